The number of cyclic esters (lactones) is 1. The normalized spacial score (nSPS) is 45.9. The number of hydrogen-bond acceptors (Lipinski definition) is 12. The van der Waals surface area contributed by atoms with E-state index < -0.39 is 99.3 Å². The fourth-order valence-corrected chi connectivity index (χ4v) is 11.3. The Morgan fingerprint density at radius 1 is 0.978 bits per heavy atom. The molecular weight excluding hydrogens is 588 g/mol. The summed E-state index contributed by atoms with van der Waals surface area (Å²) < 4.78 is 34.9. The molecule has 2 heterocycles. The van der Waals surface area contributed by atoms with Crippen molar-refractivity contribution in [2.45, 2.75) is 103 Å². The highest BCUT2D eigenvalue weighted by molar-refractivity contribution is 5.73. The zero-order valence-corrected chi connectivity index (χ0v) is 26.7. The second-order valence-electron chi connectivity index (χ2n) is 14.5. The fraction of sp³-hybridized carbons (Fsp3) is 0.727. The molecule has 2 unspecified atom stereocenters. The van der Waals surface area contributed by atoms with Crippen LogP contribution in [-0.2, 0) is 47.7 Å². The molecule has 0 radical (unpaired) electrons. The van der Waals surface area contributed by atoms with Gasteiger partial charge in [-0.2, -0.15) is 0 Å². The zero-order valence-electron chi connectivity index (χ0n) is 26.7. The maximum absolute atomic E-state index is 13.5. The Hall–Kier alpha value is -3.41. The zero-order chi connectivity index (χ0) is 32.9. The molecule has 1 saturated heterocycles. The average molecular weight is 631 g/mol. The second kappa shape index (κ2) is 10.0. The van der Waals surface area contributed by atoms with Crippen LogP contribution in [-0.4, -0.2) is 65.5 Å². The molecule has 0 aromatic carbocycles. The lowest BCUT2D eigenvalue weighted by Gasteiger charge is -2.72. The van der Waals surface area contributed by atoms with Crippen LogP contribution in [0, 0.1) is 39.9 Å². The third kappa shape index (κ3) is 3.96. The van der Waals surface area contributed by atoms with Crippen molar-refractivity contribution in [3.05, 3.63) is 24.2 Å². The summed E-state index contributed by atoms with van der Waals surface area (Å²) in [6, 6.07) is 1.72. The van der Waals surface area contributed by atoms with Crippen molar-refractivity contribution in [1.29, 1.82) is 0 Å². The molecule has 1 aromatic rings. The summed E-state index contributed by atoms with van der Waals surface area (Å²) in [6.07, 6.45) is 0.684. The number of rotatable bonds is 6. The number of hydrogen-bond donors (Lipinski definition) is 1. The molecule has 2 bridgehead atoms. The van der Waals surface area contributed by atoms with Crippen molar-refractivity contribution >= 4 is 29.8 Å². The maximum atomic E-state index is 13.5. The number of ether oxygens (including phenoxy) is 5. The van der Waals surface area contributed by atoms with Crippen LogP contribution in [0.2, 0.25) is 0 Å². The highest BCUT2D eigenvalue weighted by Gasteiger charge is 2.90. The molecule has 5 aliphatic rings. The Balaban J connectivity index is 1.63. The minimum atomic E-state index is -1.89. The van der Waals surface area contributed by atoms with Gasteiger partial charge >= 0.3 is 29.8 Å². The number of methoxy groups -OCH3 is 1. The summed E-state index contributed by atoms with van der Waals surface area (Å²) >= 11 is 0. The van der Waals surface area contributed by atoms with Crippen LogP contribution in [0.1, 0.15) is 85.3 Å². The summed E-state index contributed by atoms with van der Waals surface area (Å²) in [5, 5.41) is 13.5. The smallest absolute Gasteiger partial charge is 0.306 e. The van der Waals surface area contributed by atoms with Gasteiger partial charge in [0.15, 0.2) is 0 Å². The lowest BCUT2D eigenvalue weighted by atomic mass is 9.36. The van der Waals surface area contributed by atoms with Gasteiger partial charge in [-0.05, 0) is 31.2 Å². The Morgan fingerprint density at radius 3 is 2.22 bits per heavy atom. The highest BCUT2D eigenvalue weighted by atomic mass is 16.6. The SMILES string of the molecule is COC(=O)C[C@H]1[C@@]2(C)C[C@]3(OC(C)=O)C([C@H]2OC(C)=O)[C@@H](OC(C)=O)[C@@]2(O)C(CC[C@]4(C)[C@H]2CC(=O)O[C@H]4c2ccoc2)[C@]13C. The van der Waals surface area contributed by atoms with Gasteiger partial charge < -0.3 is 33.2 Å². The molecule has 45 heavy (non-hydrogen) atoms. The van der Waals surface area contributed by atoms with Crippen molar-refractivity contribution in [2.75, 3.05) is 7.11 Å². The van der Waals surface area contributed by atoms with E-state index in [2.05, 4.69) is 0 Å². The second-order valence-corrected chi connectivity index (χ2v) is 14.5. The van der Waals surface area contributed by atoms with E-state index >= 15 is 0 Å². The molecular formula is C33H42O12. The number of esters is 5. The van der Waals surface area contributed by atoms with Gasteiger partial charge in [0.2, 0.25) is 0 Å². The van der Waals surface area contributed by atoms with E-state index in [4.69, 9.17) is 28.1 Å². The molecule has 12 atom stereocenters. The van der Waals surface area contributed by atoms with Gasteiger partial charge in [-0.15, -0.1) is 0 Å². The van der Waals surface area contributed by atoms with Crippen LogP contribution in [0.15, 0.2) is 23.0 Å². The Morgan fingerprint density at radius 2 is 1.64 bits per heavy atom. The monoisotopic (exact) mass is 630 g/mol. The number of furan rings is 1. The number of carbonyl (C=O) groups is 5. The van der Waals surface area contributed by atoms with Gasteiger partial charge in [0.25, 0.3) is 0 Å². The molecule has 1 aromatic heterocycles. The average Bonchev–Trinajstić information content (AvgIpc) is 3.60. The van der Waals surface area contributed by atoms with Crippen molar-refractivity contribution < 1.29 is 57.2 Å². The van der Waals surface area contributed by atoms with Crippen LogP contribution in [0.5, 0.6) is 0 Å². The molecule has 246 valence electrons. The first-order valence-electron chi connectivity index (χ1n) is 15.6. The van der Waals surface area contributed by atoms with Gasteiger partial charge in [0, 0.05) is 60.8 Å². The minimum Gasteiger partial charge on any atom is -0.472 e. The predicted octanol–water partition coefficient (Wildman–Crippen LogP) is 3.44. The first-order valence-corrected chi connectivity index (χ1v) is 15.6. The van der Waals surface area contributed by atoms with Crippen LogP contribution in [0.4, 0.5) is 0 Å². The van der Waals surface area contributed by atoms with E-state index in [1.165, 1.54) is 40.4 Å². The van der Waals surface area contributed by atoms with E-state index in [1.54, 1.807) is 6.07 Å². The third-order valence-electron chi connectivity index (χ3n) is 12.6. The van der Waals surface area contributed by atoms with Crippen LogP contribution in [0.25, 0.3) is 0 Å². The first kappa shape index (κ1) is 31.6. The standard InChI is InChI=1S/C33H42O12/c1-16(34)42-27-25-28(43-17(2)35)33(39)20(8-10-29(4)22(33)13-24(38)44-26(29)19-9-11-41-14-19)31(6)21(12-23(37)40-7)30(27,5)15-32(25,31)45-18(3)36/h9,11,14,20-22,25-28,39H,8,10,12-13,15H2,1-7H3/t20?,21-,22+,25?,26-,27+,28+,29+,30+,31+,32-,33+/m0/s1. The molecule has 5 fully saturated rings. The van der Waals surface area contributed by atoms with Gasteiger partial charge in [-0.25, -0.2) is 0 Å². The lowest BCUT2D eigenvalue weighted by molar-refractivity contribution is -0.354. The van der Waals surface area contributed by atoms with Crippen molar-refractivity contribution in [3.8, 4) is 0 Å². The molecule has 4 aliphatic carbocycles. The topological polar surface area (TPSA) is 165 Å². The van der Waals surface area contributed by atoms with Gasteiger partial charge in [-0.1, -0.05) is 20.8 Å². The number of aliphatic hydroxyl groups is 1. The minimum absolute atomic E-state index is 0.0938. The molecule has 4 saturated carbocycles. The van der Waals surface area contributed by atoms with Crippen molar-refractivity contribution in [2.24, 2.45) is 39.9 Å². The number of fused-ring (bicyclic) bond motifs is 5. The largest absolute Gasteiger partial charge is 0.472 e. The van der Waals surface area contributed by atoms with Crippen LogP contribution < -0.4 is 0 Å². The van der Waals surface area contributed by atoms with Gasteiger partial charge in [0.1, 0.15) is 29.5 Å². The molecule has 12 nitrogen and oxygen atoms in total. The van der Waals surface area contributed by atoms with Crippen molar-refractivity contribution in [1.82, 2.24) is 0 Å². The van der Waals surface area contributed by atoms with Gasteiger partial charge in [-0.3, -0.25) is 24.0 Å². The van der Waals surface area contributed by atoms with Gasteiger partial charge in [0.05, 0.1) is 32.0 Å². The van der Waals surface area contributed by atoms with E-state index in [0.717, 1.165) is 0 Å². The predicted molar refractivity (Wildman–Crippen MR) is 151 cm³/mol. The Labute approximate surface area is 261 Å². The lowest BCUT2D eigenvalue weighted by Crippen LogP contribution is -2.81. The van der Waals surface area contributed by atoms with E-state index in [0.29, 0.717) is 18.4 Å². The molecule has 0 spiro atoms. The summed E-state index contributed by atoms with van der Waals surface area (Å²) in [5.74, 6) is -6.04. The molecule has 6 rings (SSSR count). The maximum Gasteiger partial charge on any atom is 0.306 e. The number of carbonyl (C=O) groups excluding carboxylic acids is 5. The molecule has 0 amide bonds. The summed E-state index contributed by atoms with van der Waals surface area (Å²) in [7, 11) is 1.29. The van der Waals surface area contributed by atoms with Crippen molar-refractivity contribution in [3.63, 3.8) is 0 Å². The Bertz CT molecular complexity index is 1440. The van der Waals surface area contributed by atoms with Crippen LogP contribution in [0.3, 0.4) is 0 Å². The Kier molecular flexibility index (Phi) is 7.05. The molecule has 1 aliphatic heterocycles. The van der Waals surface area contributed by atoms with E-state index in [9.17, 15) is 29.1 Å². The first-order chi connectivity index (χ1) is 21.0. The fourth-order valence-electron chi connectivity index (χ4n) is 11.3. The molecule has 1 N–H and O–H groups in total. The summed E-state index contributed by atoms with van der Waals surface area (Å²) in [5.41, 5.74) is -5.50. The van der Waals surface area contributed by atoms with Crippen LogP contribution >= 0.6 is 0 Å². The van der Waals surface area contributed by atoms with E-state index in [-0.39, 0.29) is 19.3 Å². The third-order valence-corrected chi connectivity index (χ3v) is 12.6. The summed E-state index contributed by atoms with van der Waals surface area (Å²) in [6.45, 7) is 9.54. The quantitative estimate of drug-likeness (QED) is 0.360. The summed E-state index contributed by atoms with van der Waals surface area (Å²) in [4.78, 5) is 65.0. The van der Waals surface area contributed by atoms with E-state index in [1.807, 2.05) is 20.8 Å². The molecule has 12 heteroatoms. The highest BCUT2D eigenvalue weighted by Crippen LogP contribution is 2.82.